The van der Waals surface area contributed by atoms with Gasteiger partial charge in [-0.2, -0.15) is 10.1 Å². The highest BCUT2D eigenvalue weighted by molar-refractivity contribution is 5.92. The Kier molecular flexibility index (Phi) is 5.72. The van der Waals surface area contributed by atoms with Gasteiger partial charge < -0.3 is 14.7 Å². The maximum absolute atomic E-state index is 12.9. The molecule has 0 aromatic carbocycles. The van der Waals surface area contributed by atoms with Crippen molar-refractivity contribution in [3.8, 4) is 0 Å². The number of hydrogen-bond acceptors (Lipinski definition) is 7. The topological polar surface area (TPSA) is 92.3 Å². The first-order valence-corrected chi connectivity index (χ1v) is 10.3. The molecular weight excluding hydrogens is 358 g/mol. The third-order valence-electron chi connectivity index (χ3n) is 5.78. The lowest BCUT2D eigenvalue weighted by molar-refractivity contribution is 0.0545. The van der Waals surface area contributed by atoms with Gasteiger partial charge >= 0.3 is 0 Å². The smallest absolute Gasteiger partial charge is 0.274 e. The molecule has 2 fully saturated rings. The van der Waals surface area contributed by atoms with Crippen molar-refractivity contribution in [1.82, 2.24) is 35.0 Å². The second-order valence-electron chi connectivity index (χ2n) is 7.59. The monoisotopic (exact) mass is 387 g/mol. The fraction of sp³-hybridized carbons (Fsp3) is 0.684. The van der Waals surface area contributed by atoms with Gasteiger partial charge in [-0.1, -0.05) is 12.1 Å². The van der Waals surface area contributed by atoms with E-state index in [1.807, 2.05) is 28.8 Å². The lowest BCUT2D eigenvalue weighted by Crippen LogP contribution is -2.49. The zero-order valence-electron chi connectivity index (χ0n) is 16.7. The van der Waals surface area contributed by atoms with Gasteiger partial charge in [0.1, 0.15) is 5.69 Å². The van der Waals surface area contributed by atoms with E-state index in [9.17, 15) is 4.79 Å². The van der Waals surface area contributed by atoms with Crippen molar-refractivity contribution in [2.75, 3.05) is 39.3 Å². The molecule has 152 valence electrons. The van der Waals surface area contributed by atoms with Crippen LogP contribution in [-0.2, 0) is 6.42 Å². The molecule has 2 saturated heterocycles. The van der Waals surface area contributed by atoms with Crippen LogP contribution in [0.2, 0.25) is 0 Å². The largest absolute Gasteiger partial charge is 0.338 e. The van der Waals surface area contributed by atoms with Crippen LogP contribution >= 0.6 is 0 Å². The van der Waals surface area contributed by atoms with Crippen molar-refractivity contribution in [2.24, 2.45) is 0 Å². The van der Waals surface area contributed by atoms with Gasteiger partial charge in [0.25, 0.3) is 5.91 Å². The Morgan fingerprint density at radius 2 is 2.18 bits per heavy atom. The van der Waals surface area contributed by atoms with Crippen molar-refractivity contribution in [3.63, 3.8) is 0 Å². The minimum atomic E-state index is 0.0147. The van der Waals surface area contributed by atoms with Gasteiger partial charge in [0, 0.05) is 45.3 Å². The second kappa shape index (κ2) is 8.40. The predicted octanol–water partition coefficient (Wildman–Crippen LogP) is 1.27. The van der Waals surface area contributed by atoms with E-state index in [4.69, 9.17) is 4.52 Å². The third-order valence-corrected chi connectivity index (χ3v) is 5.78. The lowest BCUT2D eigenvalue weighted by Gasteiger charge is -2.36. The molecule has 1 amide bonds. The molecule has 2 aromatic rings. The molecule has 4 rings (SSSR count). The van der Waals surface area contributed by atoms with E-state index in [-0.39, 0.29) is 11.9 Å². The summed E-state index contributed by atoms with van der Waals surface area (Å²) >= 11 is 0. The molecule has 0 radical (unpaired) electrons. The van der Waals surface area contributed by atoms with Crippen LogP contribution in [0.1, 0.15) is 61.0 Å². The molecule has 0 bridgehead atoms. The molecule has 4 heterocycles. The number of nitrogens with one attached hydrogen (secondary N) is 1. The molecule has 9 nitrogen and oxygen atoms in total. The second-order valence-corrected chi connectivity index (χ2v) is 7.59. The Labute approximate surface area is 165 Å². The van der Waals surface area contributed by atoms with Crippen LogP contribution in [0.15, 0.2) is 16.8 Å². The van der Waals surface area contributed by atoms with Gasteiger partial charge in [-0.25, -0.2) is 0 Å². The number of carbonyl (C=O) groups is 1. The van der Waals surface area contributed by atoms with Crippen LogP contribution in [0.3, 0.4) is 0 Å². The number of amides is 1. The molecule has 1 N–H and O–H groups in total. The SMILES string of the molecule is CCc1noc(C(C)N2CCN(C(=O)c3ccn(C4CCCNC4)n3)CC2)n1. The van der Waals surface area contributed by atoms with E-state index in [1.165, 1.54) is 0 Å². The highest BCUT2D eigenvalue weighted by Gasteiger charge is 2.29. The number of piperidine rings is 1. The minimum Gasteiger partial charge on any atom is -0.338 e. The number of nitrogens with zero attached hydrogens (tertiary/aromatic N) is 6. The first kappa shape index (κ1) is 19.1. The summed E-state index contributed by atoms with van der Waals surface area (Å²) in [5, 5.41) is 11.9. The van der Waals surface area contributed by atoms with Crippen molar-refractivity contribution in [1.29, 1.82) is 0 Å². The first-order chi connectivity index (χ1) is 13.7. The minimum absolute atomic E-state index is 0.0147. The van der Waals surface area contributed by atoms with E-state index in [0.717, 1.165) is 51.3 Å². The highest BCUT2D eigenvalue weighted by atomic mass is 16.5. The van der Waals surface area contributed by atoms with Crippen LogP contribution in [0.25, 0.3) is 0 Å². The van der Waals surface area contributed by atoms with Crippen molar-refractivity contribution >= 4 is 5.91 Å². The van der Waals surface area contributed by atoms with E-state index in [2.05, 4.69) is 32.4 Å². The summed E-state index contributed by atoms with van der Waals surface area (Å²) in [6.07, 6.45) is 4.95. The quantitative estimate of drug-likeness (QED) is 0.826. The summed E-state index contributed by atoms with van der Waals surface area (Å²) in [6.45, 7) is 8.98. The lowest BCUT2D eigenvalue weighted by atomic mass is 10.1. The Morgan fingerprint density at radius 3 is 2.86 bits per heavy atom. The van der Waals surface area contributed by atoms with Crippen LogP contribution in [-0.4, -0.2) is 74.9 Å². The van der Waals surface area contributed by atoms with Gasteiger partial charge in [0.15, 0.2) is 5.82 Å². The molecule has 0 spiro atoms. The summed E-state index contributed by atoms with van der Waals surface area (Å²) in [5.41, 5.74) is 0.538. The summed E-state index contributed by atoms with van der Waals surface area (Å²) in [6, 6.07) is 2.25. The predicted molar refractivity (Wildman–Crippen MR) is 103 cm³/mol. The molecule has 2 aliphatic rings. The molecule has 2 atom stereocenters. The standard InChI is InChI=1S/C19H29N7O2/c1-3-17-21-18(28-23-17)14(2)24-9-11-25(12-10-24)19(27)16-6-8-26(22-16)15-5-4-7-20-13-15/h6,8,14-15,20H,3-5,7,9-13H2,1-2H3. The van der Waals surface area contributed by atoms with Crippen LogP contribution in [0, 0.1) is 0 Å². The van der Waals surface area contributed by atoms with Crippen LogP contribution in [0.5, 0.6) is 0 Å². The van der Waals surface area contributed by atoms with E-state index >= 15 is 0 Å². The zero-order valence-corrected chi connectivity index (χ0v) is 16.7. The molecule has 2 unspecified atom stereocenters. The van der Waals surface area contributed by atoms with Crippen LogP contribution in [0.4, 0.5) is 0 Å². The highest BCUT2D eigenvalue weighted by Crippen LogP contribution is 2.21. The van der Waals surface area contributed by atoms with Crippen LogP contribution < -0.4 is 5.32 Å². The molecule has 0 saturated carbocycles. The maximum atomic E-state index is 12.9. The molecule has 2 aliphatic heterocycles. The number of carbonyl (C=O) groups excluding carboxylic acids is 1. The Hall–Kier alpha value is -2.26. The van der Waals surface area contributed by atoms with E-state index < -0.39 is 0 Å². The summed E-state index contributed by atoms with van der Waals surface area (Å²) < 4.78 is 7.32. The molecule has 0 aliphatic carbocycles. The third kappa shape index (κ3) is 3.95. The van der Waals surface area contributed by atoms with Crippen molar-refractivity contribution in [2.45, 2.75) is 45.2 Å². The van der Waals surface area contributed by atoms with Gasteiger partial charge in [0.2, 0.25) is 5.89 Å². The number of aryl methyl sites for hydroxylation is 1. The van der Waals surface area contributed by atoms with Crippen molar-refractivity contribution in [3.05, 3.63) is 29.7 Å². The number of aromatic nitrogens is 4. The Bertz CT molecular complexity index is 788. The average molecular weight is 387 g/mol. The molecular formula is C19H29N7O2. The molecule has 28 heavy (non-hydrogen) atoms. The zero-order chi connectivity index (χ0) is 19.5. The fourth-order valence-corrected chi connectivity index (χ4v) is 3.93. The molecule has 2 aromatic heterocycles. The van der Waals surface area contributed by atoms with Gasteiger partial charge in [-0.05, 0) is 32.4 Å². The first-order valence-electron chi connectivity index (χ1n) is 10.3. The summed E-state index contributed by atoms with van der Waals surface area (Å²) in [5.74, 6) is 1.40. The Morgan fingerprint density at radius 1 is 1.36 bits per heavy atom. The molecule has 9 heteroatoms. The number of hydrogen-bond donors (Lipinski definition) is 1. The summed E-state index contributed by atoms with van der Waals surface area (Å²) in [7, 11) is 0. The Balaban J connectivity index is 1.33. The van der Waals surface area contributed by atoms with Gasteiger partial charge in [-0.3, -0.25) is 14.4 Å². The number of piperazine rings is 1. The fourth-order valence-electron chi connectivity index (χ4n) is 3.93. The normalized spacial score (nSPS) is 22.4. The van der Waals surface area contributed by atoms with Crippen molar-refractivity contribution < 1.29 is 9.32 Å². The van der Waals surface area contributed by atoms with Gasteiger partial charge in [0.05, 0.1) is 12.1 Å². The maximum Gasteiger partial charge on any atom is 0.274 e. The average Bonchev–Trinajstić information content (AvgIpc) is 3.43. The van der Waals surface area contributed by atoms with E-state index in [1.54, 1.807) is 0 Å². The number of rotatable bonds is 5. The van der Waals surface area contributed by atoms with Gasteiger partial charge in [-0.15, -0.1) is 0 Å². The summed E-state index contributed by atoms with van der Waals surface area (Å²) in [4.78, 5) is 21.5. The van der Waals surface area contributed by atoms with E-state index in [0.29, 0.717) is 30.7 Å².